The van der Waals surface area contributed by atoms with Crippen molar-refractivity contribution in [1.82, 2.24) is 0 Å². The molecule has 0 heterocycles. The van der Waals surface area contributed by atoms with Gasteiger partial charge in [-0.25, -0.2) is 0 Å². The maximum Gasteiger partial charge on any atom is 0.0314 e. The van der Waals surface area contributed by atoms with E-state index in [1.807, 2.05) is 12.1 Å². The van der Waals surface area contributed by atoms with E-state index in [2.05, 4.69) is 36.4 Å². The SMILES string of the molecule is Nc1ccc(C2C=CCC3CCC=CC32)cc1. The van der Waals surface area contributed by atoms with E-state index in [4.69, 9.17) is 5.73 Å². The highest BCUT2D eigenvalue weighted by atomic mass is 14.5. The molecule has 0 aromatic heterocycles. The second kappa shape index (κ2) is 4.40. The lowest BCUT2D eigenvalue weighted by Gasteiger charge is -2.35. The standard InChI is InChI=1S/C16H19N/c17-14-10-8-13(9-11-14)16-7-3-5-12-4-1-2-6-15(12)16/h2-3,6-12,15-16H,1,4-5,17H2. The number of fused-ring (bicyclic) bond motifs is 1. The Kier molecular flexibility index (Phi) is 2.76. The highest BCUT2D eigenvalue weighted by molar-refractivity contribution is 5.42. The molecule has 0 aliphatic heterocycles. The van der Waals surface area contributed by atoms with Crippen LogP contribution in [-0.4, -0.2) is 0 Å². The zero-order valence-corrected chi connectivity index (χ0v) is 10.0. The molecule has 0 spiro atoms. The fourth-order valence-corrected chi connectivity index (χ4v) is 3.18. The van der Waals surface area contributed by atoms with Crippen LogP contribution >= 0.6 is 0 Å². The molecule has 88 valence electrons. The molecule has 2 aliphatic rings. The first-order chi connectivity index (χ1) is 8.34. The van der Waals surface area contributed by atoms with E-state index in [9.17, 15) is 0 Å². The molecule has 3 unspecified atom stereocenters. The summed E-state index contributed by atoms with van der Waals surface area (Å²) < 4.78 is 0. The Labute approximate surface area is 103 Å². The van der Waals surface area contributed by atoms with Crippen molar-refractivity contribution < 1.29 is 0 Å². The van der Waals surface area contributed by atoms with Crippen molar-refractivity contribution in [2.24, 2.45) is 11.8 Å². The van der Waals surface area contributed by atoms with Gasteiger partial charge in [0.25, 0.3) is 0 Å². The number of allylic oxidation sites excluding steroid dienone is 4. The molecule has 2 aliphatic carbocycles. The largest absolute Gasteiger partial charge is 0.399 e. The lowest BCUT2D eigenvalue weighted by atomic mass is 9.69. The molecule has 3 atom stereocenters. The number of anilines is 1. The molecule has 1 heteroatoms. The van der Waals surface area contributed by atoms with Gasteiger partial charge in [-0.05, 0) is 48.8 Å². The molecule has 0 saturated carbocycles. The predicted octanol–water partition coefficient (Wildman–Crippen LogP) is 3.89. The van der Waals surface area contributed by atoms with Gasteiger partial charge in [0.15, 0.2) is 0 Å². The van der Waals surface area contributed by atoms with Crippen LogP contribution < -0.4 is 5.73 Å². The van der Waals surface area contributed by atoms with Crippen LogP contribution in [0.2, 0.25) is 0 Å². The van der Waals surface area contributed by atoms with Gasteiger partial charge in [0, 0.05) is 11.6 Å². The van der Waals surface area contributed by atoms with Gasteiger partial charge in [-0.2, -0.15) is 0 Å². The Morgan fingerprint density at radius 1 is 1.00 bits per heavy atom. The van der Waals surface area contributed by atoms with E-state index in [-0.39, 0.29) is 0 Å². The van der Waals surface area contributed by atoms with E-state index < -0.39 is 0 Å². The Morgan fingerprint density at radius 2 is 1.82 bits per heavy atom. The van der Waals surface area contributed by atoms with Crippen LogP contribution in [0.5, 0.6) is 0 Å². The number of hydrogen-bond donors (Lipinski definition) is 1. The monoisotopic (exact) mass is 225 g/mol. The minimum atomic E-state index is 0.547. The van der Waals surface area contributed by atoms with Gasteiger partial charge in [-0.1, -0.05) is 36.4 Å². The first kappa shape index (κ1) is 10.6. The summed E-state index contributed by atoms with van der Waals surface area (Å²) in [6.45, 7) is 0. The fourth-order valence-electron chi connectivity index (χ4n) is 3.18. The molecule has 0 saturated heterocycles. The Hall–Kier alpha value is -1.50. The third-order valence-corrected chi connectivity index (χ3v) is 4.13. The van der Waals surface area contributed by atoms with Crippen LogP contribution in [0.25, 0.3) is 0 Å². The Balaban J connectivity index is 1.93. The summed E-state index contributed by atoms with van der Waals surface area (Å²) in [7, 11) is 0. The summed E-state index contributed by atoms with van der Waals surface area (Å²) in [5, 5.41) is 0. The van der Waals surface area contributed by atoms with Gasteiger partial charge >= 0.3 is 0 Å². The lowest BCUT2D eigenvalue weighted by molar-refractivity contribution is 0.321. The number of rotatable bonds is 1. The minimum Gasteiger partial charge on any atom is -0.399 e. The third-order valence-electron chi connectivity index (χ3n) is 4.13. The Bertz CT molecular complexity index is 441. The molecule has 1 aromatic carbocycles. The smallest absolute Gasteiger partial charge is 0.0314 e. The average Bonchev–Trinajstić information content (AvgIpc) is 2.39. The summed E-state index contributed by atoms with van der Waals surface area (Å²) >= 11 is 0. The molecular formula is C16H19N. The van der Waals surface area contributed by atoms with Crippen LogP contribution in [0.1, 0.15) is 30.7 Å². The number of nitrogen functional groups attached to an aromatic ring is 1. The van der Waals surface area contributed by atoms with Crippen molar-refractivity contribution in [3.63, 3.8) is 0 Å². The van der Waals surface area contributed by atoms with Crippen LogP contribution in [0.4, 0.5) is 5.69 Å². The average molecular weight is 225 g/mol. The summed E-state index contributed by atoms with van der Waals surface area (Å²) in [6, 6.07) is 8.38. The van der Waals surface area contributed by atoms with Gasteiger partial charge in [-0.3, -0.25) is 0 Å². The van der Waals surface area contributed by atoms with Crippen molar-refractivity contribution in [2.75, 3.05) is 5.73 Å². The van der Waals surface area contributed by atoms with Crippen molar-refractivity contribution in [3.8, 4) is 0 Å². The van der Waals surface area contributed by atoms with Gasteiger partial charge < -0.3 is 5.73 Å². The molecular weight excluding hydrogens is 206 g/mol. The molecule has 1 nitrogen and oxygen atoms in total. The van der Waals surface area contributed by atoms with Crippen LogP contribution in [0, 0.1) is 11.8 Å². The zero-order chi connectivity index (χ0) is 11.7. The maximum atomic E-state index is 5.76. The van der Waals surface area contributed by atoms with E-state index in [0.29, 0.717) is 11.8 Å². The van der Waals surface area contributed by atoms with E-state index in [1.165, 1.54) is 24.8 Å². The van der Waals surface area contributed by atoms with E-state index in [0.717, 1.165) is 11.6 Å². The summed E-state index contributed by atoms with van der Waals surface area (Å²) in [5.41, 5.74) is 8.01. The van der Waals surface area contributed by atoms with Crippen LogP contribution in [-0.2, 0) is 0 Å². The third kappa shape index (κ3) is 2.02. The first-order valence-electron chi connectivity index (χ1n) is 6.53. The van der Waals surface area contributed by atoms with Gasteiger partial charge in [0.1, 0.15) is 0 Å². The van der Waals surface area contributed by atoms with Crippen molar-refractivity contribution in [2.45, 2.75) is 25.2 Å². The number of hydrogen-bond acceptors (Lipinski definition) is 1. The highest BCUT2D eigenvalue weighted by Gasteiger charge is 2.30. The zero-order valence-electron chi connectivity index (χ0n) is 10.0. The second-order valence-corrected chi connectivity index (χ2v) is 5.20. The topological polar surface area (TPSA) is 26.0 Å². The molecule has 1 aromatic rings. The molecule has 2 N–H and O–H groups in total. The molecule has 0 radical (unpaired) electrons. The van der Waals surface area contributed by atoms with Gasteiger partial charge in [0.2, 0.25) is 0 Å². The number of nitrogens with two attached hydrogens (primary N) is 1. The normalized spacial score (nSPS) is 31.2. The minimum absolute atomic E-state index is 0.547. The molecule has 17 heavy (non-hydrogen) atoms. The van der Waals surface area contributed by atoms with Crippen molar-refractivity contribution in [3.05, 3.63) is 54.1 Å². The van der Waals surface area contributed by atoms with Crippen molar-refractivity contribution in [1.29, 1.82) is 0 Å². The summed E-state index contributed by atoms with van der Waals surface area (Å²) in [5.74, 6) is 2.08. The maximum absolute atomic E-state index is 5.76. The fraction of sp³-hybridized carbons (Fsp3) is 0.375. The second-order valence-electron chi connectivity index (χ2n) is 5.20. The van der Waals surface area contributed by atoms with Crippen LogP contribution in [0.15, 0.2) is 48.6 Å². The molecule has 0 amide bonds. The van der Waals surface area contributed by atoms with Crippen LogP contribution in [0.3, 0.4) is 0 Å². The predicted molar refractivity (Wildman–Crippen MR) is 72.7 cm³/mol. The highest BCUT2D eigenvalue weighted by Crippen LogP contribution is 2.42. The number of benzene rings is 1. The Morgan fingerprint density at radius 3 is 2.65 bits per heavy atom. The van der Waals surface area contributed by atoms with Crippen molar-refractivity contribution >= 4 is 5.69 Å². The van der Waals surface area contributed by atoms with Gasteiger partial charge in [-0.15, -0.1) is 0 Å². The quantitative estimate of drug-likeness (QED) is 0.569. The van der Waals surface area contributed by atoms with E-state index in [1.54, 1.807) is 0 Å². The lowest BCUT2D eigenvalue weighted by Crippen LogP contribution is -2.24. The molecule has 3 rings (SSSR count). The molecule has 0 bridgehead atoms. The summed E-state index contributed by atoms with van der Waals surface area (Å²) in [6.07, 6.45) is 13.4. The first-order valence-corrected chi connectivity index (χ1v) is 6.53. The molecule has 0 fully saturated rings. The summed E-state index contributed by atoms with van der Waals surface area (Å²) in [4.78, 5) is 0. The van der Waals surface area contributed by atoms with E-state index >= 15 is 0 Å². The van der Waals surface area contributed by atoms with Gasteiger partial charge in [0.05, 0.1) is 0 Å².